The molecular weight excluding hydrogens is 158 g/mol. The van der Waals surface area contributed by atoms with Crippen LogP contribution in [0.2, 0.25) is 0 Å². The summed E-state index contributed by atoms with van der Waals surface area (Å²) in [6, 6.07) is -0.507. The Morgan fingerprint density at radius 3 is 2.50 bits per heavy atom. The summed E-state index contributed by atoms with van der Waals surface area (Å²) in [7, 11) is 0. The van der Waals surface area contributed by atoms with Gasteiger partial charge in [0.05, 0.1) is 12.6 Å². The molecule has 0 heterocycles. The Balaban J connectivity index is 4.33. The van der Waals surface area contributed by atoms with Crippen molar-refractivity contribution in [1.29, 1.82) is 0 Å². The van der Waals surface area contributed by atoms with Crippen molar-refractivity contribution in [2.45, 2.75) is 19.9 Å². The van der Waals surface area contributed by atoms with Crippen LogP contribution in [-0.4, -0.2) is 29.0 Å². The minimum Gasteiger partial charge on any atom is -0.465 e. The standard InChI is InChI=1S/C8H15NO3/c1-4-8(2,3)6(5-10)9-7(11)12/h4,6,9-10H,1,5H2,2-3H3,(H,11,12). The molecule has 0 aliphatic heterocycles. The van der Waals surface area contributed by atoms with E-state index >= 15 is 0 Å². The van der Waals surface area contributed by atoms with E-state index in [9.17, 15) is 4.79 Å². The third-order valence-electron chi connectivity index (χ3n) is 1.90. The van der Waals surface area contributed by atoms with Crippen LogP contribution >= 0.6 is 0 Å². The van der Waals surface area contributed by atoms with E-state index in [0.717, 1.165) is 0 Å². The Morgan fingerprint density at radius 2 is 2.25 bits per heavy atom. The van der Waals surface area contributed by atoms with E-state index in [0.29, 0.717) is 0 Å². The maximum Gasteiger partial charge on any atom is 0.404 e. The summed E-state index contributed by atoms with van der Waals surface area (Å²) in [6.07, 6.45) is 0.480. The van der Waals surface area contributed by atoms with Crippen LogP contribution in [0.3, 0.4) is 0 Å². The molecule has 0 saturated carbocycles. The van der Waals surface area contributed by atoms with E-state index in [-0.39, 0.29) is 6.61 Å². The number of rotatable bonds is 4. The minimum atomic E-state index is -1.14. The molecule has 12 heavy (non-hydrogen) atoms. The van der Waals surface area contributed by atoms with Gasteiger partial charge in [-0.25, -0.2) is 4.79 Å². The van der Waals surface area contributed by atoms with Gasteiger partial charge in [-0.3, -0.25) is 0 Å². The first kappa shape index (κ1) is 11.0. The van der Waals surface area contributed by atoms with Gasteiger partial charge in [-0.15, -0.1) is 6.58 Å². The van der Waals surface area contributed by atoms with Gasteiger partial charge in [0.15, 0.2) is 0 Å². The highest BCUT2D eigenvalue weighted by atomic mass is 16.4. The van der Waals surface area contributed by atoms with E-state index in [1.807, 2.05) is 0 Å². The lowest BCUT2D eigenvalue weighted by atomic mass is 9.85. The smallest absolute Gasteiger partial charge is 0.404 e. The summed E-state index contributed by atoms with van der Waals surface area (Å²) < 4.78 is 0. The Labute approximate surface area is 71.9 Å². The summed E-state index contributed by atoms with van der Waals surface area (Å²) in [5.41, 5.74) is -0.437. The second-order valence-corrected chi connectivity index (χ2v) is 3.21. The van der Waals surface area contributed by atoms with Crippen LogP contribution in [0, 0.1) is 5.41 Å². The molecule has 0 aromatic heterocycles. The largest absolute Gasteiger partial charge is 0.465 e. The predicted molar refractivity (Wildman–Crippen MR) is 46.0 cm³/mol. The van der Waals surface area contributed by atoms with Gasteiger partial charge >= 0.3 is 6.09 Å². The molecule has 0 fully saturated rings. The molecule has 0 aliphatic carbocycles. The number of carboxylic acid groups (broad SMARTS) is 1. The van der Waals surface area contributed by atoms with Crippen molar-refractivity contribution >= 4 is 6.09 Å². The summed E-state index contributed by atoms with van der Waals surface area (Å²) in [5, 5.41) is 19.5. The van der Waals surface area contributed by atoms with Crippen molar-refractivity contribution in [2.75, 3.05) is 6.61 Å². The van der Waals surface area contributed by atoms with E-state index in [1.54, 1.807) is 19.9 Å². The zero-order valence-electron chi connectivity index (χ0n) is 7.37. The summed E-state index contributed by atoms with van der Waals surface area (Å²) in [6.45, 7) is 6.94. The van der Waals surface area contributed by atoms with Crippen molar-refractivity contribution in [3.8, 4) is 0 Å². The molecule has 0 aliphatic rings. The highest BCUT2D eigenvalue weighted by Gasteiger charge is 2.26. The number of hydrogen-bond donors (Lipinski definition) is 3. The quantitative estimate of drug-likeness (QED) is 0.551. The number of nitrogens with one attached hydrogen (secondary N) is 1. The molecule has 1 atom stereocenters. The summed E-state index contributed by atoms with van der Waals surface area (Å²) in [5.74, 6) is 0. The zero-order valence-corrected chi connectivity index (χ0v) is 7.37. The van der Waals surface area contributed by atoms with E-state index in [2.05, 4.69) is 11.9 Å². The number of aliphatic hydroxyl groups is 1. The molecule has 0 bridgehead atoms. The van der Waals surface area contributed by atoms with Crippen LogP contribution in [0.15, 0.2) is 12.7 Å². The van der Waals surface area contributed by atoms with Crippen LogP contribution in [0.1, 0.15) is 13.8 Å². The first-order valence-corrected chi connectivity index (χ1v) is 3.68. The van der Waals surface area contributed by atoms with Crippen molar-refractivity contribution < 1.29 is 15.0 Å². The lowest BCUT2D eigenvalue weighted by Crippen LogP contribution is -2.46. The van der Waals surface area contributed by atoms with Crippen LogP contribution in [-0.2, 0) is 0 Å². The Morgan fingerprint density at radius 1 is 1.75 bits per heavy atom. The normalized spacial score (nSPS) is 13.6. The molecule has 0 saturated heterocycles. The monoisotopic (exact) mass is 173 g/mol. The Hall–Kier alpha value is -1.03. The lowest BCUT2D eigenvalue weighted by Gasteiger charge is -2.29. The van der Waals surface area contributed by atoms with Crippen LogP contribution in [0.5, 0.6) is 0 Å². The lowest BCUT2D eigenvalue weighted by molar-refractivity contribution is 0.150. The average Bonchev–Trinajstić information content (AvgIpc) is 1.99. The van der Waals surface area contributed by atoms with Crippen LogP contribution in [0.4, 0.5) is 4.79 Å². The fraction of sp³-hybridized carbons (Fsp3) is 0.625. The van der Waals surface area contributed by atoms with Crippen molar-refractivity contribution in [3.05, 3.63) is 12.7 Å². The van der Waals surface area contributed by atoms with E-state index in [1.165, 1.54) is 0 Å². The molecule has 0 aromatic carbocycles. The van der Waals surface area contributed by atoms with Crippen LogP contribution < -0.4 is 5.32 Å². The maximum atomic E-state index is 10.3. The van der Waals surface area contributed by atoms with Crippen molar-refractivity contribution in [2.24, 2.45) is 5.41 Å². The number of carbonyl (C=O) groups is 1. The van der Waals surface area contributed by atoms with Gasteiger partial charge in [0.2, 0.25) is 0 Å². The van der Waals surface area contributed by atoms with Crippen molar-refractivity contribution in [1.82, 2.24) is 5.32 Å². The first-order valence-electron chi connectivity index (χ1n) is 3.68. The second-order valence-electron chi connectivity index (χ2n) is 3.21. The number of amides is 1. The maximum absolute atomic E-state index is 10.3. The van der Waals surface area contributed by atoms with Gasteiger partial charge in [-0.1, -0.05) is 19.9 Å². The number of hydrogen-bond acceptors (Lipinski definition) is 2. The molecule has 1 unspecified atom stereocenters. The molecule has 4 heteroatoms. The molecule has 0 spiro atoms. The SMILES string of the molecule is C=CC(C)(C)C(CO)NC(=O)O. The highest BCUT2D eigenvalue weighted by Crippen LogP contribution is 2.21. The topological polar surface area (TPSA) is 69.6 Å². The third kappa shape index (κ3) is 2.92. The molecule has 3 N–H and O–H groups in total. The van der Waals surface area contributed by atoms with E-state index in [4.69, 9.17) is 10.2 Å². The van der Waals surface area contributed by atoms with Gasteiger partial charge in [-0.2, -0.15) is 0 Å². The van der Waals surface area contributed by atoms with Gasteiger partial charge in [-0.05, 0) is 0 Å². The molecular formula is C8H15NO3. The summed E-state index contributed by atoms with van der Waals surface area (Å²) in [4.78, 5) is 10.3. The predicted octanol–water partition coefficient (Wildman–Crippen LogP) is 0.827. The first-order chi connectivity index (χ1) is 5.44. The van der Waals surface area contributed by atoms with Gasteiger partial charge < -0.3 is 15.5 Å². The summed E-state index contributed by atoms with van der Waals surface area (Å²) >= 11 is 0. The molecule has 0 aromatic rings. The second kappa shape index (κ2) is 4.11. The fourth-order valence-corrected chi connectivity index (χ4v) is 0.758. The molecule has 70 valence electrons. The molecule has 0 radical (unpaired) electrons. The molecule has 1 amide bonds. The van der Waals surface area contributed by atoms with E-state index < -0.39 is 17.6 Å². The minimum absolute atomic E-state index is 0.231. The third-order valence-corrected chi connectivity index (χ3v) is 1.90. The van der Waals surface area contributed by atoms with Crippen molar-refractivity contribution in [3.63, 3.8) is 0 Å². The molecule has 4 nitrogen and oxygen atoms in total. The van der Waals surface area contributed by atoms with Gasteiger partial charge in [0, 0.05) is 5.41 Å². The average molecular weight is 173 g/mol. The van der Waals surface area contributed by atoms with Gasteiger partial charge in [0.1, 0.15) is 0 Å². The van der Waals surface area contributed by atoms with Gasteiger partial charge in [0.25, 0.3) is 0 Å². The Bertz CT molecular complexity index is 177. The highest BCUT2D eigenvalue weighted by molar-refractivity contribution is 5.65. The Kier molecular flexibility index (Phi) is 3.76. The molecule has 0 rings (SSSR count). The van der Waals surface area contributed by atoms with Crippen LogP contribution in [0.25, 0.3) is 0 Å². The zero-order chi connectivity index (χ0) is 9.78. The number of aliphatic hydroxyl groups excluding tert-OH is 1. The fourth-order valence-electron chi connectivity index (χ4n) is 0.758.